The normalized spacial score (nSPS) is 11.9. The van der Waals surface area contributed by atoms with E-state index in [2.05, 4.69) is 5.32 Å². The molecule has 0 saturated carbocycles. The van der Waals surface area contributed by atoms with E-state index in [-0.39, 0.29) is 19.7 Å². The van der Waals surface area contributed by atoms with Gasteiger partial charge in [-0.2, -0.15) is 4.31 Å². The molecule has 2 aromatic rings. The third-order valence-electron chi connectivity index (χ3n) is 4.41. The maximum absolute atomic E-state index is 12.8. The van der Waals surface area contributed by atoms with E-state index in [0.29, 0.717) is 16.3 Å². The first-order valence-corrected chi connectivity index (χ1v) is 10.9. The molecule has 2 rings (SSSR count). The van der Waals surface area contributed by atoms with Gasteiger partial charge in [-0.15, -0.1) is 0 Å². The van der Waals surface area contributed by atoms with Crippen LogP contribution in [-0.4, -0.2) is 45.4 Å². The van der Waals surface area contributed by atoms with Crippen molar-refractivity contribution in [3.8, 4) is 0 Å². The smallest absolute Gasteiger partial charge is 0.239 e. The van der Waals surface area contributed by atoms with E-state index < -0.39 is 15.9 Å². The summed E-state index contributed by atoms with van der Waals surface area (Å²) in [5.41, 5.74) is 3.33. The zero-order valence-electron chi connectivity index (χ0n) is 16.7. The Bertz CT molecular complexity index is 973. The highest BCUT2D eigenvalue weighted by molar-refractivity contribution is 7.92. The lowest BCUT2D eigenvalue weighted by Gasteiger charge is -2.20. The number of benzene rings is 2. The van der Waals surface area contributed by atoms with Gasteiger partial charge in [-0.25, -0.2) is 8.42 Å². The number of hydrogen-bond donors (Lipinski definition) is 1. The van der Waals surface area contributed by atoms with E-state index >= 15 is 0 Å². The van der Waals surface area contributed by atoms with Gasteiger partial charge in [0.1, 0.15) is 0 Å². The van der Waals surface area contributed by atoms with Gasteiger partial charge in [0.25, 0.3) is 0 Å². The van der Waals surface area contributed by atoms with E-state index in [0.717, 1.165) is 20.8 Å². The largest absolute Gasteiger partial charge is 0.383 e. The van der Waals surface area contributed by atoms with Crippen molar-refractivity contribution in [3.63, 3.8) is 0 Å². The number of halogens is 1. The fraction of sp³-hybridized carbons (Fsp3) is 0.286. The molecule has 0 aliphatic rings. The molecule has 0 aliphatic carbocycles. The second-order valence-electron chi connectivity index (χ2n) is 6.52. The van der Waals surface area contributed by atoms with E-state index in [1.165, 1.54) is 13.2 Å². The van der Waals surface area contributed by atoms with Crippen molar-refractivity contribution in [2.45, 2.75) is 13.8 Å². The monoisotopic (exact) mass is 436 g/mol. The van der Waals surface area contributed by atoms with Crippen LogP contribution in [0.25, 0.3) is 6.08 Å². The van der Waals surface area contributed by atoms with E-state index in [1.54, 1.807) is 30.3 Å². The number of sulfonamides is 1. The molecule has 156 valence electrons. The molecule has 0 atom stereocenters. The molecule has 1 amide bonds. The highest BCUT2D eigenvalue weighted by atomic mass is 35.5. The van der Waals surface area contributed by atoms with Crippen molar-refractivity contribution in [3.05, 3.63) is 69.6 Å². The molecule has 0 spiro atoms. The zero-order chi connectivity index (χ0) is 21.4. The minimum Gasteiger partial charge on any atom is -0.383 e. The van der Waals surface area contributed by atoms with Crippen LogP contribution in [0.5, 0.6) is 0 Å². The standard InChI is InChI=1S/C21H25ClN2O4S/c1-16-5-4-6-20(17(16)2)23-21(25)15-24(12-13-28-3)29(26,27)14-11-18-7-9-19(22)10-8-18/h4-11,14H,12-13,15H2,1-3H3,(H,23,25)/b14-11+. The number of amides is 1. The van der Waals surface area contributed by atoms with Gasteiger partial charge in [0, 0.05) is 29.8 Å². The fourth-order valence-electron chi connectivity index (χ4n) is 2.55. The highest BCUT2D eigenvalue weighted by Crippen LogP contribution is 2.18. The Morgan fingerprint density at radius 3 is 2.52 bits per heavy atom. The number of anilines is 1. The first kappa shape index (κ1) is 23.1. The number of nitrogens with one attached hydrogen (secondary N) is 1. The molecule has 29 heavy (non-hydrogen) atoms. The van der Waals surface area contributed by atoms with Gasteiger partial charge in [0.15, 0.2) is 0 Å². The van der Waals surface area contributed by atoms with Crippen LogP contribution in [0.4, 0.5) is 5.69 Å². The topological polar surface area (TPSA) is 75.7 Å². The number of carbonyl (C=O) groups excluding carboxylic acids is 1. The molecule has 0 aliphatic heterocycles. The van der Waals surface area contributed by atoms with Crippen molar-refractivity contribution in [1.29, 1.82) is 0 Å². The number of aryl methyl sites for hydroxylation is 1. The Labute approximate surface area is 177 Å². The Hall–Kier alpha value is -2.19. The van der Waals surface area contributed by atoms with Crippen LogP contribution >= 0.6 is 11.6 Å². The number of methoxy groups -OCH3 is 1. The van der Waals surface area contributed by atoms with Crippen LogP contribution < -0.4 is 5.32 Å². The van der Waals surface area contributed by atoms with E-state index in [4.69, 9.17) is 16.3 Å². The molecule has 0 saturated heterocycles. The summed E-state index contributed by atoms with van der Waals surface area (Å²) in [5, 5.41) is 4.43. The summed E-state index contributed by atoms with van der Waals surface area (Å²) in [6.45, 7) is 3.76. The molecular weight excluding hydrogens is 412 g/mol. The molecule has 8 heteroatoms. The SMILES string of the molecule is COCCN(CC(=O)Nc1cccc(C)c1C)S(=O)(=O)/C=C/c1ccc(Cl)cc1. The minimum atomic E-state index is -3.83. The number of hydrogen-bond acceptors (Lipinski definition) is 4. The van der Waals surface area contributed by atoms with Gasteiger partial charge in [-0.1, -0.05) is 35.9 Å². The van der Waals surface area contributed by atoms with Gasteiger partial charge >= 0.3 is 0 Å². The van der Waals surface area contributed by atoms with Crippen LogP contribution in [0.2, 0.25) is 5.02 Å². The first-order valence-electron chi connectivity index (χ1n) is 9.02. The summed E-state index contributed by atoms with van der Waals surface area (Å²) in [6, 6.07) is 12.3. The van der Waals surface area contributed by atoms with Crippen molar-refractivity contribution in [1.82, 2.24) is 4.31 Å². The molecule has 2 aromatic carbocycles. The average Bonchev–Trinajstić information content (AvgIpc) is 2.68. The molecule has 1 N–H and O–H groups in total. The molecule has 0 bridgehead atoms. The lowest BCUT2D eigenvalue weighted by molar-refractivity contribution is -0.116. The lowest BCUT2D eigenvalue weighted by Crippen LogP contribution is -2.39. The Kier molecular flexibility index (Phi) is 8.40. The second kappa shape index (κ2) is 10.5. The molecule has 0 heterocycles. The predicted octanol–water partition coefficient (Wildman–Crippen LogP) is 3.84. The summed E-state index contributed by atoms with van der Waals surface area (Å²) < 4.78 is 31.6. The number of nitrogens with zero attached hydrogens (tertiary/aromatic N) is 1. The Morgan fingerprint density at radius 1 is 1.17 bits per heavy atom. The number of carbonyl (C=O) groups is 1. The lowest BCUT2D eigenvalue weighted by atomic mass is 10.1. The van der Waals surface area contributed by atoms with E-state index in [9.17, 15) is 13.2 Å². The molecule has 0 unspecified atom stereocenters. The first-order chi connectivity index (χ1) is 13.7. The molecule has 0 fully saturated rings. The maximum Gasteiger partial charge on any atom is 0.239 e. The van der Waals surface area contributed by atoms with Crippen LogP contribution in [0.3, 0.4) is 0 Å². The van der Waals surface area contributed by atoms with Crippen LogP contribution in [-0.2, 0) is 19.6 Å². The number of rotatable bonds is 9. The van der Waals surface area contributed by atoms with E-state index in [1.807, 2.05) is 26.0 Å². The summed E-state index contributed by atoms with van der Waals surface area (Å²) in [4.78, 5) is 12.5. The van der Waals surface area contributed by atoms with Gasteiger partial charge in [0.2, 0.25) is 15.9 Å². The van der Waals surface area contributed by atoms with Gasteiger partial charge in [0.05, 0.1) is 13.2 Å². The predicted molar refractivity (Wildman–Crippen MR) is 117 cm³/mol. The van der Waals surface area contributed by atoms with Gasteiger partial charge in [-0.05, 0) is 54.8 Å². The third-order valence-corrected chi connectivity index (χ3v) is 6.17. The van der Waals surface area contributed by atoms with Crippen molar-refractivity contribution in [2.75, 3.05) is 32.1 Å². The quantitative estimate of drug-likeness (QED) is 0.647. The van der Waals surface area contributed by atoms with Crippen LogP contribution in [0, 0.1) is 13.8 Å². The Morgan fingerprint density at radius 2 is 1.86 bits per heavy atom. The van der Waals surface area contributed by atoms with Crippen molar-refractivity contribution < 1.29 is 17.9 Å². The maximum atomic E-state index is 12.8. The second-order valence-corrected chi connectivity index (χ2v) is 8.78. The van der Waals surface area contributed by atoms with Crippen molar-refractivity contribution in [2.24, 2.45) is 0 Å². The third kappa shape index (κ3) is 6.97. The Balaban J connectivity index is 2.15. The average molecular weight is 437 g/mol. The van der Waals surface area contributed by atoms with Crippen molar-refractivity contribution >= 4 is 39.3 Å². The number of ether oxygens (including phenoxy) is 1. The fourth-order valence-corrected chi connectivity index (χ4v) is 3.80. The molecule has 0 radical (unpaired) electrons. The van der Waals surface area contributed by atoms with Gasteiger partial charge in [-0.3, -0.25) is 4.79 Å². The summed E-state index contributed by atoms with van der Waals surface area (Å²) in [5.74, 6) is -0.418. The molecule has 6 nitrogen and oxygen atoms in total. The summed E-state index contributed by atoms with van der Waals surface area (Å²) in [6.07, 6.45) is 1.47. The molecular formula is C21H25ClN2O4S. The summed E-state index contributed by atoms with van der Waals surface area (Å²) >= 11 is 5.85. The summed E-state index contributed by atoms with van der Waals surface area (Å²) in [7, 11) is -2.35. The zero-order valence-corrected chi connectivity index (χ0v) is 18.3. The van der Waals surface area contributed by atoms with Crippen LogP contribution in [0.15, 0.2) is 47.9 Å². The van der Waals surface area contributed by atoms with Crippen LogP contribution in [0.1, 0.15) is 16.7 Å². The minimum absolute atomic E-state index is 0.0595. The van der Waals surface area contributed by atoms with Gasteiger partial charge < -0.3 is 10.1 Å². The highest BCUT2D eigenvalue weighted by Gasteiger charge is 2.22. The molecule has 0 aromatic heterocycles.